The van der Waals surface area contributed by atoms with Gasteiger partial charge in [-0.3, -0.25) is 14.9 Å². The molecule has 0 aliphatic carbocycles. The third-order valence-electron chi connectivity index (χ3n) is 4.50. The Bertz CT molecular complexity index is 856. The van der Waals surface area contributed by atoms with Crippen LogP contribution >= 0.6 is 11.6 Å². The first-order valence-corrected chi connectivity index (χ1v) is 8.88. The molecular formula is C18H19ClFN4O3+. The van der Waals surface area contributed by atoms with Gasteiger partial charge in [0.1, 0.15) is 11.5 Å². The predicted molar refractivity (Wildman–Crippen MR) is 101 cm³/mol. The van der Waals surface area contributed by atoms with Crippen molar-refractivity contribution in [2.24, 2.45) is 0 Å². The minimum absolute atomic E-state index is 0.140. The second-order valence-electron chi connectivity index (χ2n) is 6.33. The summed E-state index contributed by atoms with van der Waals surface area (Å²) in [5.74, 6) is -0.773. The number of nitro benzene ring substituents is 1. The molecule has 1 fully saturated rings. The molecule has 2 aromatic rings. The Balaban J connectivity index is 1.57. The zero-order valence-electron chi connectivity index (χ0n) is 14.5. The molecule has 142 valence electrons. The van der Waals surface area contributed by atoms with Gasteiger partial charge in [-0.1, -0.05) is 23.7 Å². The van der Waals surface area contributed by atoms with E-state index in [-0.39, 0.29) is 18.1 Å². The number of nitro groups is 1. The van der Waals surface area contributed by atoms with Crippen LogP contribution in [-0.2, 0) is 4.79 Å². The van der Waals surface area contributed by atoms with E-state index in [1.54, 1.807) is 24.3 Å². The number of carbonyl (C=O) groups is 1. The molecule has 1 heterocycles. The fourth-order valence-corrected chi connectivity index (χ4v) is 3.32. The van der Waals surface area contributed by atoms with Crippen molar-refractivity contribution in [3.63, 3.8) is 0 Å². The van der Waals surface area contributed by atoms with E-state index in [1.807, 2.05) is 4.90 Å². The molecule has 9 heteroatoms. The summed E-state index contributed by atoms with van der Waals surface area (Å²) >= 11 is 6.04. The molecule has 0 aromatic heterocycles. The first kappa shape index (κ1) is 19.1. The molecule has 7 nitrogen and oxygen atoms in total. The standard InChI is InChI=1S/C18H18ClFN4O3/c19-14-3-1-2-4-15(14)21-18(25)12-22-7-9-23(10-8-22)16-6-5-13(20)11-17(16)24(26)27/h1-6,11H,7-10,12H2,(H,21,25)/p+1. The fourth-order valence-electron chi connectivity index (χ4n) is 3.13. The van der Waals surface area contributed by atoms with Crippen LogP contribution in [0.5, 0.6) is 0 Å². The van der Waals surface area contributed by atoms with Crippen molar-refractivity contribution in [2.45, 2.75) is 0 Å². The van der Waals surface area contributed by atoms with Gasteiger partial charge in [-0.15, -0.1) is 0 Å². The highest BCUT2D eigenvalue weighted by molar-refractivity contribution is 6.33. The Morgan fingerprint density at radius 3 is 2.63 bits per heavy atom. The van der Waals surface area contributed by atoms with E-state index in [0.717, 1.165) is 11.0 Å². The highest BCUT2D eigenvalue weighted by atomic mass is 35.5. The molecule has 1 saturated heterocycles. The number of amides is 1. The minimum Gasteiger partial charge on any atom is -0.355 e. The van der Waals surface area contributed by atoms with Gasteiger partial charge in [-0.2, -0.15) is 0 Å². The van der Waals surface area contributed by atoms with Crippen LogP contribution in [0.4, 0.5) is 21.5 Å². The van der Waals surface area contributed by atoms with Gasteiger partial charge in [0.15, 0.2) is 6.54 Å². The number of para-hydroxylation sites is 1. The van der Waals surface area contributed by atoms with Gasteiger partial charge < -0.3 is 15.1 Å². The number of carbonyl (C=O) groups excluding carboxylic acids is 1. The summed E-state index contributed by atoms with van der Waals surface area (Å²) in [4.78, 5) is 25.8. The lowest BCUT2D eigenvalue weighted by Gasteiger charge is -2.33. The summed E-state index contributed by atoms with van der Waals surface area (Å²) in [5, 5.41) is 14.4. The highest BCUT2D eigenvalue weighted by Crippen LogP contribution is 2.28. The van der Waals surface area contributed by atoms with E-state index in [0.29, 0.717) is 42.6 Å². The normalized spacial score (nSPS) is 14.8. The quantitative estimate of drug-likeness (QED) is 0.599. The van der Waals surface area contributed by atoms with Crippen LogP contribution in [0.2, 0.25) is 5.02 Å². The summed E-state index contributed by atoms with van der Waals surface area (Å²) in [6.45, 7) is 2.65. The van der Waals surface area contributed by atoms with Crippen molar-refractivity contribution in [3.8, 4) is 0 Å². The molecule has 2 N–H and O–H groups in total. The van der Waals surface area contributed by atoms with Crippen molar-refractivity contribution in [1.29, 1.82) is 0 Å². The van der Waals surface area contributed by atoms with Crippen LogP contribution in [0.25, 0.3) is 0 Å². The lowest BCUT2D eigenvalue weighted by atomic mass is 10.2. The van der Waals surface area contributed by atoms with Crippen molar-refractivity contribution < 1.29 is 19.0 Å². The van der Waals surface area contributed by atoms with Crippen LogP contribution in [0.15, 0.2) is 42.5 Å². The molecule has 0 bridgehead atoms. The Kier molecular flexibility index (Phi) is 5.88. The number of piperazine rings is 1. The molecular weight excluding hydrogens is 375 g/mol. The van der Waals surface area contributed by atoms with Crippen molar-refractivity contribution in [2.75, 3.05) is 42.9 Å². The number of anilines is 2. The van der Waals surface area contributed by atoms with Gasteiger partial charge in [-0.05, 0) is 24.3 Å². The van der Waals surface area contributed by atoms with Crippen LogP contribution in [0.1, 0.15) is 0 Å². The first-order chi connectivity index (χ1) is 12.9. The number of nitrogens with zero attached hydrogens (tertiary/aromatic N) is 2. The largest absolute Gasteiger partial charge is 0.355 e. The molecule has 1 amide bonds. The average Bonchev–Trinajstić information content (AvgIpc) is 2.64. The zero-order valence-corrected chi connectivity index (χ0v) is 15.2. The molecule has 2 aromatic carbocycles. The maximum atomic E-state index is 13.3. The van der Waals surface area contributed by atoms with E-state index < -0.39 is 10.7 Å². The smallest absolute Gasteiger partial charge is 0.295 e. The second kappa shape index (κ2) is 8.32. The number of benzene rings is 2. The molecule has 0 spiro atoms. The lowest BCUT2D eigenvalue weighted by molar-refractivity contribution is -0.892. The fraction of sp³-hybridized carbons (Fsp3) is 0.278. The van der Waals surface area contributed by atoms with E-state index in [1.165, 1.54) is 12.1 Å². The van der Waals surface area contributed by atoms with Crippen LogP contribution < -0.4 is 15.1 Å². The summed E-state index contributed by atoms with van der Waals surface area (Å²) in [7, 11) is 0. The lowest BCUT2D eigenvalue weighted by Crippen LogP contribution is -3.15. The van der Waals surface area contributed by atoms with Crippen LogP contribution in [0.3, 0.4) is 0 Å². The maximum absolute atomic E-state index is 13.3. The predicted octanol–water partition coefficient (Wildman–Crippen LogP) is 1.73. The average molecular weight is 394 g/mol. The molecule has 0 unspecified atom stereocenters. The summed E-state index contributed by atoms with van der Waals surface area (Å²) in [5.41, 5.74) is 0.736. The topological polar surface area (TPSA) is 79.9 Å². The third-order valence-corrected chi connectivity index (χ3v) is 4.83. The molecule has 27 heavy (non-hydrogen) atoms. The van der Waals surface area contributed by atoms with Gasteiger partial charge in [-0.25, -0.2) is 4.39 Å². The molecule has 1 aliphatic heterocycles. The second-order valence-corrected chi connectivity index (χ2v) is 6.74. The number of nitrogens with one attached hydrogen (secondary N) is 2. The summed E-state index contributed by atoms with van der Waals surface area (Å²) in [6.07, 6.45) is 0. The van der Waals surface area contributed by atoms with Crippen molar-refractivity contribution in [3.05, 3.63) is 63.4 Å². The Morgan fingerprint density at radius 2 is 1.96 bits per heavy atom. The van der Waals surface area contributed by atoms with Crippen molar-refractivity contribution >= 4 is 34.6 Å². The van der Waals surface area contributed by atoms with Gasteiger partial charge in [0.25, 0.3) is 11.6 Å². The van der Waals surface area contributed by atoms with Gasteiger partial charge in [0.2, 0.25) is 0 Å². The maximum Gasteiger partial charge on any atom is 0.295 e. The molecule has 3 rings (SSSR count). The zero-order chi connectivity index (χ0) is 19.4. The Morgan fingerprint density at radius 1 is 1.26 bits per heavy atom. The summed E-state index contributed by atoms with van der Waals surface area (Å²) < 4.78 is 13.3. The Labute approximate surface area is 160 Å². The number of quaternary nitrogens is 1. The number of hydrogen-bond acceptors (Lipinski definition) is 4. The van der Waals surface area contributed by atoms with Crippen LogP contribution in [-0.4, -0.2) is 43.6 Å². The highest BCUT2D eigenvalue weighted by Gasteiger charge is 2.27. The number of rotatable bonds is 5. The minimum atomic E-state index is -0.633. The molecule has 0 radical (unpaired) electrons. The SMILES string of the molecule is O=C(C[NH+]1CCN(c2ccc(F)cc2[N+](=O)[O-])CC1)Nc1ccccc1Cl. The Hall–Kier alpha value is -2.71. The van der Waals surface area contributed by atoms with Gasteiger partial charge in [0.05, 0.1) is 47.9 Å². The van der Waals surface area contributed by atoms with Crippen molar-refractivity contribution in [1.82, 2.24) is 0 Å². The van der Waals surface area contributed by atoms with Gasteiger partial charge in [0, 0.05) is 0 Å². The van der Waals surface area contributed by atoms with Gasteiger partial charge >= 0.3 is 0 Å². The molecule has 0 saturated carbocycles. The van der Waals surface area contributed by atoms with E-state index in [9.17, 15) is 19.3 Å². The summed E-state index contributed by atoms with van der Waals surface area (Å²) in [6, 6.07) is 10.6. The van der Waals surface area contributed by atoms with E-state index in [4.69, 9.17) is 11.6 Å². The van der Waals surface area contributed by atoms with E-state index in [2.05, 4.69) is 5.32 Å². The molecule has 1 aliphatic rings. The van der Waals surface area contributed by atoms with Crippen LogP contribution in [0, 0.1) is 15.9 Å². The first-order valence-electron chi connectivity index (χ1n) is 8.51. The number of halogens is 2. The molecule has 0 atom stereocenters. The van der Waals surface area contributed by atoms with E-state index >= 15 is 0 Å². The monoisotopic (exact) mass is 393 g/mol. The third kappa shape index (κ3) is 4.72. The number of hydrogen-bond donors (Lipinski definition) is 2.